The van der Waals surface area contributed by atoms with Gasteiger partial charge < -0.3 is 5.73 Å². The number of benzene rings is 1. The highest BCUT2D eigenvalue weighted by molar-refractivity contribution is 7.91. The Morgan fingerprint density at radius 1 is 1.21 bits per heavy atom. The summed E-state index contributed by atoms with van der Waals surface area (Å²) in [7, 11) is -2.98. The molecule has 0 spiro atoms. The zero-order valence-electron chi connectivity index (χ0n) is 10.9. The molecule has 1 atom stereocenters. The van der Waals surface area contributed by atoms with Gasteiger partial charge in [0, 0.05) is 17.9 Å². The van der Waals surface area contributed by atoms with Crippen LogP contribution >= 0.6 is 0 Å². The molecule has 0 aliphatic carbocycles. The van der Waals surface area contributed by atoms with Crippen molar-refractivity contribution in [2.75, 3.05) is 11.5 Å². The molecule has 0 fully saturated rings. The Bertz CT molecular complexity index is 497. The number of halogens is 2. The van der Waals surface area contributed by atoms with Gasteiger partial charge in [0.1, 0.15) is 21.5 Å². The van der Waals surface area contributed by atoms with E-state index in [1.165, 1.54) is 12.1 Å². The topological polar surface area (TPSA) is 60.2 Å². The molecule has 1 aromatic carbocycles. The van der Waals surface area contributed by atoms with E-state index in [1.807, 2.05) is 0 Å². The van der Waals surface area contributed by atoms with Gasteiger partial charge in [-0.15, -0.1) is 0 Å². The number of hydrogen-bond donors (Lipinski definition) is 1. The third-order valence-corrected chi connectivity index (χ3v) is 4.68. The molecule has 0 amide bonds. The molecule has 0 aromatic heterocycles. The highest BCUT2D eigenvalue weighted by Crippen LogP contribution is 2.11. The van der Waals surface area contributed by atoms with Crippen LogP contribution in [0.1, 0.15) is 25.3 Å². The third-order valence-electron chi connectivity index (χ3n) is 2.89. The van der Waals surface area contributed by atoms with Crippen molar-refractivity contribution in [3.8, 4) is 0 Å². The van der Waals surface area contributed by atoms with E-state index in [1.54, 1.807) is 6.92 Å². The minimum Gasteiger partial charge on any atom is -0.327 e. The van der Waals surface area contributed by atoms with Crippen molar-refractivity contribution < 1.29 is 17.2 Å². The number of rotatable bonds is 7. The summed E-state index contributed by atoms with van der Waals surface area (Å²) in [4.78, 5) is 0. The van der Waals surface area contributed by atoms with Crippen LogP contribution in [0.15, 0.2) is 18.2 Å². The summed E-state index contributed by atoms with van der Waals surface area (Å²) in [6.45, 7) is 1.60. The summed E-state index contributed by atoms with van der Waals surface area (Å²) in [5.74, 6) is -1.03. The van der Waals surface area contributed by atoms with Gasteiger partial charge in [-0.1, -0.05) is 6.92 Å². The van der Waals surface area contributed by atoms with E-state index >= 15 is 0 Å². The van der Waals surface area contributed by atoms with E-state index in [9.17, 15) is 17.2 Å². The predicted octanol–water partition coefficient (Wildman–Crippen LogP) is 2.05. The Morgan fingerprint density at radius 3 is 2.32 bits per heavy atom. The standard InChI is InChI=1S/C13H19F2NO2S/c1-2-19(17,18)5-3-4-13(16)8-10-6-11(14)9-12(15)7-10/h6-7,9,13H,2-5,8,16H2,1H3. The SMILES string of the molecule is CCS(=O)(=O)CCCC(N)Cc1cc(F)cc(F)c1. The molecule has 0 saturated heterocycles. The molecular weight excluding hydrogens is 272 g/mol. The molecule has 3 nitrogen and oxygen atoms in total. The first kappa shape index (κ1) is 16.0. The summed E-state index contributed by atoms with van der Waals surface area (Å²) in [6, 6.07) is 2.99. The maximum atomic E-state index is 13.0. The minimum absolute atomic E-state index is 0.106. The summed E-state index contributed by atoms with van der Waals surface area (Å²) in [5, 5.41) is 0. The fourth-order valence-electron chi connectivity index (χ4n) is 1.84. The normalized spacial score (nSPS) is 13.5. The number of nitrogens with two attached hydrogens (primary N) is 1. The molecule has 0 aliphatic heterocycles. The van der Waals surface area contributed by atoms with E-state index in [4.69, 9.17) is 5.73 Å². The van der Waals surface area contributed by atoms with Crippen LogP contribution in [0.5, 0.6) is 0 Å². The van der Waals surface area contributed by atoms with Crippen LogP contribution in [0, 0.1) is 11.6 Å². The Hall–Kier alpha value is -1.01. The van der Waals surface area contributed by atoms with Crippen molar-refractivity contribution in [2.24, 2.45) is 5.73 Å². The Kier molecular flexibility index (Phi) is 5.87. The maximum Gasteiger partial charge on any atom is 0.150 e. The monoisotopic (exact) mass is 291 g/mol. The van der Waals surface area contributed by atoms with Gasteiger partial charge in [0.05, 0.1) is 5.75 Å². The van der Waals surface area contributed by atoms with Crippen molar-refractivity contribution in [1.82, 2.24) is 0 Å². The van der Waals surface area contributed by atoms with Crippen LogP contribution in [0.2, 0.25) is 0 Å². The lowest BCUT2D eigenvalue weighted by Gasteiger charge is -2.11. The van der Waals surface area contributed by atoms with Gasteiger partial charge in [0.2, 0.25) is 0 Å². The highest BCUT2D eigenvalue weighted by atomic mass is 32.2. The zero-order chi connectivity index (χ0) is 14.5. The lowest BCUT2D eigenvalue weighted by Crippen LogP contribution is -2.24. The fourth-order valence-corrected chi connectivity index (χ4v) is 2.74. The Labute approximate surface area is 112 Å². The molecule has 0 aliphatic rings. The first-order valence-corrected chi connectivity index (χ1v) is 8.05. The third kappa shape index (κ3) is 6.11. The molecule has 1 unspecified atom stereocenters. The summed E-state index contributed by atoms with van der Waals surface area (Å²) < 4.78 is 48.5. The molecule has 0 saturated carbocycles. The molecule has 108 valence electrons. The van der Waals surface area contributed by atoms with Crippen molar-refractivity contribution >= 4 is 9.84 Å². The molecule has 2 N–H and O–H groups in total. The van der Waals surface area contributed by atoms with Crippen molar-refractivity contribution in [2.45, 2.75) is 32.2 Å². The second-order valence-corrected chi connectivity index (χ2v) is 7.09. The summed E-state index contributed by atoms with van der Waals surface area (Å²) in [5.41, 5.74) is 6.33. The number of sulfone groups is 1. The van der Waals surface area contributed by atoms with Crippen molar-refractivity contribution in [1.29, 1.82) is 0 Å². The Balaban J connectivity index is 2.45. The molecule has 0 radical (unpaired) electrons. The second-order valence-electron chi connectivity index (χ2n) is 4.62. The van der Waals surface area contributed by atoms with Gasteiger partial charge in [-0.05, 0) is 37.0 Å². The zero-order valence-corrected chi connectivity index (χ0v) is 11.7. The summed E-state index contributed by atoms with van der Waals surface area (Å²) in [6.07, 6.45) is 1.31. The van der Waals surface area contributed by atoms with Gasteiger partial charge in [0.25, 0.3) is 0 Å². The quantitative estimate of drug-likeness (QED) is 0.836. The molecule has 6 heteroatoms. The average molecular weight is 291 g/mol. The van der Waals surface area contributed by atoms with E-state index < -0.39 is 21.5 Å². The van der Waals surface area contributed by atoms with Crippen LogP contribution in [0.4, 0.5) is 8.78 Å². The largest absolute Gasteiger partial charge is 0.327 e. The lowest BCUT2D eigenvalue weighted by molar-refractivity contribution is 0.562. The molecule has 1 rings (SSSR count). The second kappa shape index (κ2) is 6.96. The van der Waals surface area contributed by atoms with Gasteiger partial charge in [0.15, 0.2) is 0 Å². The maximum absolute atomic E-state index is 13.0. The number of hydrogen-bond acceptors (Lipinski definition) is 3. The van der Waals surface area contributed by atoms with Crippen LogP contribution in [-0.4, -0.2) is 26.0 Å². The Morgan fingerprint density at radius 2 is 1.79 bits per heavy atom. The van der Waals surface area contributed by atoms with Gasteiger partial charge in [-0.3, -0.25) is 0 Å². The van der Waals surface area contributed by atoms with Gasteiger partial charge in [-0.25, -0.2) is 17.2 Å². The highest BCUT2D eigenvalue weighted by Gasteiger charge is 2.10. The van der Waals surface area contributed by atoms with E-state index in [0.717, 1.165) is 6.07 Å². The fraction of sp³-hybridized carbons (Fsp3) is 0.538. The lowest BCUT2D eigenvalue weighted by atomic mass is 10.0. The van der Waals surface area contributed by atoms with Crippen LogP contribution in [0.25, 0.3) is 0 Å². The summed E-state index contributed by atoms with van der Waals surface area (Å²) >= 11 is 0. The van der Waals surface area contributed by atoms with E-state index in [2.05, 4.69) is 0 Å². The van der Waals surface area contributed by atoms with Crippen LogP contribution in [0.3, 0.4) is 0 Å². The van der Waals surface area contributed by atoms with Crippen molar-refractivity contribution in [3.63, 3.8) is 0 Å². The predicted molar refractivity (Wildman–Crippen MR) is 71.6 cm³/mol. The van der Waals surface area contributed by atoms with E-state index in [0.29, 0.717) is 24.8 Å². The molecule has 0 bridgehead atoms. The molecular formula is C13H19F2NO2S. The van der Waals surface area contributed by atoms with Crippen molar-refractivity contribution in [3.05, 3.63) is 35.4 Å². The first-order chi connectivity index (χ1) is 8.82. The van der Waals surface area contributed by atoms with Crippen LogP contribution < -0.4 is 5.73 Å². The molecule has 19 heavy (non-hydrogen) atoms. The first-order valence-electron chi connectivity index (χ1n) is 6.23. The average Bonchev–Trinajstić information content (AvgIpc) is 2.27. The van der Waals surface area contributed by atoms with Crippen LogP contribution in [-0.2, 0) is 16.3 Å². The van der Waals surface area contributed by atoms with Gasteiger partial charge >= 0.3 is 0 Å². The molecule has 1 aromatic rings. The van der Waals surface area contributed by atoms with Gasteiger partial charge in [-0.2, -0.15) is 0 Å². The smallest absolute Gasteiger partial charge is 0.150 e. The molecule has 0 heterocycles. The van der Waals surface area contributed by atoms with E-state index in [-0.39, 0.29) is 17.5 Å². The minimum atomic E-state index is -2.98.